The summed E-state index contributed by atoms with van der Waals surface area (Å²) in [5.74, 6) is 1.49. The van der Waals surface area contributed by atoms with Crippen LogP contribution in [0.15, 0.2) is 0 Å². The summed E-state index contributed by atoms with van der Waals surface area (Å²) in [6, 6.07) is 0.624. The van der Waals surface area contributed by atoms with Crippen molar-refractivity contribution in [3.8, 4) is 0 Å². The lowest BCUT2D eigenvalue weighted by molar-refractivity contribution is -0.140. The molecule has 1 amide bonds. The Hall–Kier alpha value is -0.610. The predicted octanol–water partition coefficient (Wildman–Crippen LogP) is 1.60. The quantitative estimate of drug-likeness (QED) is 0.779. The van der Waals surface area contributed by atoms with Gasteiger partial charge >= 0.3 is 0 Å². The van der Waals surface area contributed by atoms with E-state index < -0.39 is 0 Å². The SMILES string of the molecule is CC(C)N1CC2CN(C(=O)COC(C)(C)C)CC2C1. The van der Waals surface area contributed by atoms with Gasteiger partial charge in [-0.25, -0.2) is 0 Å². The van der Waals surface area contributed by atoms with Gasteiger partial charge in [0.25, 0.3) is 0 Å². The van der Waals surface area contributed by atoms with Gasteiger partial charge < -0.3 is 14.5 Å². The van der Waals surface area contributed by atoms with Gasteiger partial charge in [-0.05, 0) is 46.5 Å². The molecular weight excluding hydrogens is 240 g/mol. The first-order chi connectivity index (χ1) is 8.76. The fraction of sp³-hybridized carbons (Fsp3) is 0.933. The number of hydrogen-bond acceptors (Lipinski definition) is 3. The number of rotatable bonds is 3. The average Bonchev–Trinajstić information content (AvgIpc) is 2.81. The summed E-state index contributed by atoms with van der Waals surface area (Å²) in [6.07, 6.45) is 0. The summed E-state index contributed by atoms with van der Waals surface area (Å²) >= 11 is 0. The van der Waals surface area contributed by atoms with Crippen LogP contribution in [0.25, 0.3) is 0 Å². The van der Waals surface area contributed by atoms with Crippen LogP contribution in [0.5, 0.6) is 0 Å². The van der Waals surface area contributed by atoms with Crippen LogP contribution in [0.2, 0.25) is 0 Å². The molecule has 2 aliphatic rings. The lowest BCUT2D eigenvalue weighted by Gasteiger charge is -2.25. The first kappa shape index (κ1) is 14.8. The molecule has 0 aromatic carbocycles. The number of carbonyl (C=O) groups is 1. The molecular formula is C15H28N2O2. The maximum Gasteiger partial charge on any atom is 0.248 e. The van der Waals surface area contributed by atoms with Crippen LogP contribution in [0.3, 0.4) is 0 Å². The van der Waals surface area contributed by atoms with Gasteiger partial charge in [0.1, 0.15) is 6.61 Å². The van der Waals surface area contributed by atoms with Gasteiger partial charge in [0.05, 0.1) is 5.60 Å². The van der Waals surface area contributed by atoms with Crippen LogP contribution in [0.4, 0.5) is 0 Å². The number of amides is 1. The molecule has 2 aliphatic heterocycles. The summed E-state index contributed by atoms with van der Waals surface area (Å²) in [6.45, 7) is 14.8. The smallest absolute Gasteiger partial charge is 0.248 e. The van der Waals surface area contributed by atoms with E-state index in [-0.39, 0.29) is 18.1 Å². The summed E-state index contributed by atoms with van der Waals surface area (Å²) in [5, 5.41) is 0. The highest BCUT2D eigenvalue weighted by atomic mass is 16.5. The fourth-order valence-electron chi connectivity index (χ4n) is 3.02. The van der Waals surface area contributed by atoms with E-state index in [2.05, 4.69) is 18.7 Å². The van der Waals surface area contributed by atoms with Gasteiger partial charge in [0.15, 0.2) is 0 Å². The molecule has 4 heteroatoms. The van der Waals surface area contributed by atoms with Gasteiger partial charge in [-0.1, -0.05) is 0 Å². The van der Waals surface area contributed by atoms with E-state index in [1.165, 1.54) is 0 Å². The Balaban J connectivity index is 1.80. The Morgan fingerprint density at radius 2 is 1.68 bits per heavy atom. The molecule has 4 nitrogen and oxygen atoms in total. The molecule has 19 heavy (non-hydrogen) atoms. The minimum atomic E-state index is -0.236. The topological polar surface area (TPSA) is 32.8 Å². The van der Waals surface area contributed by atoms with E-state index >= 15 is 0 Å². The van der Waals surface area contributed by atoms with Gasteiger partial charge in [-0.2, -0.15) is 0 Å². The maximum atomic E-state index is 12.1. The van der Waals surface area contributed by atoms with Crippen LogP contribution < -0.4 is 0 Å². The predicted molar refractivity (Wildman–Crippen MR) is 76.0 cm³/mol. The monoisotopic (exact) mass is 268 g/mol. The average molecular weight is 268 g/mol. The van der Waals surface area contributed by atoms with E-state index in [1.54, 1.807) is 0 Å². The van der Waals surface area contributed by atoms with Gasteiger partial charge in [0.2, 0.25) is 5.91 Å². The molecule has 2 unspecified atom stereocenters. The molecule has 110 valence electrons. The Kier molecular flexibility index (Phi) is 4.21. The third-order valence-corrected chi connectivity index (χ3v) is 4.23. The van der Waals surface area contributed by atoms with Crippen LogP contribution in [0, 0.1) is 11.8 Å². The molecule has 0 saturated carbocycles. The van der Waals surface area contributed by atoms with E-state index in [1.807, 2.05) is 25.7 Å². The van der Waals surface area contributed by atoms with Crippen molar-refractivity contribution in [1.82, 2.24) is 9.80 Å². The minimum Gasteiger partial charge on any atom is -0.366 e. The van der Waals surface area contributed by atoms with Crippen molar-refractivity contribution in [3.63, 3.8) is 0 Å². The second kappa shape index (κ2) is 5.41. The van der Waals surface area contributed by atoms with E-state index in [4.69, 9.17) is 4.74 Å². The molecule has 2 saturated heterocycles. The molecule has 0 spiro atoms. The number of ether oxygens (including phenoxy) is 1. The number of likely N-dealkylation sites (tertiary alicyclic amines) is 2. The second-order valence-electron chi connectivity index (χ2n) is 7.27. The van der Waals surface area contributed by atoms with Crippen molar-refractivity contribution in [1.29, 1.82) is 0 Å². The van der Waals surface area contributed by atoms with Crippen LogP contribution in [0.1, 0.15) is 34.6 Å². The molecule has 0 N–H and O–H groups in total. The van der Waals surface area contributed by atoms with Crippen LogP contribution >= 0.6 is 0 Å². The number of fused-ring (bicyclic) bond motifs is 1. The van der Waals surface area contributed by atoms with Crippen molar-refractivity contribution in [3.05, 3.63) is 0 Å². The molecule has 2 fully saturated rings. The zero-order chi connectivity index (χ0) is 14.2. The van der Waals surface area contributed by atoms with Crippen molar-refractivity contribution < 1.29 is 9.53 Å². The number of hydrogen-bond donors (Lipinski definition) is 0. The van der Waals surface area contributed by atoms with Crippen molar-refractivity contribution >= 4 is 5.91 Å². The highest BCUT2D eigenvalue weighted by molar-refractivity contribution is 5.77. The van der Waals surface area contributed by atoms with E-state index in [0.29, 0.717) is 17.9 Å². The first-order valence-electron chi connectivity index (χ1n) is 7.42. The first-order valence-corrected chi connectivity index (χ1v) is 7.42. The lowest BCUT2D eigenvalue weighted by atomic mass is 10.0. The third kappa shape index (κ3) is 3.69. The molecule has 0 aromatic rings. The van der Waals surface area contributed by atoms with Crippen molar-refractivity contribution in [2.45, 2.75) is 46.3 Å². The Labute approximate surface area is 117 Å². The standard InChI is InChI=1S/C15H28N2O2/c1-11(2)16-6-12-8-17(9-13(12)7-16)14(18)10-19-15(3,4)5/h11-13H,6-10H2,1-5H3. The zero-order valence-electron chi connectivity index (χ0n) is 13.0. The Morgan fingerprint density at radius 1 is 1.16 bits per heavy atom. The summed E-state index contributed by atoms with van der Waals surface area (Å²) < 4.78 is 5.58. The van der Waals surface area contributed by atoms with Gasteiger partial charge in [-0.15, -0.1) is 0 Å². The van der Waals surface area contributed by atoms with Crippen molar-refractivity contribution in [2.75, 3.05) is 32.8 Å². The molecule has 0 aromatic heterocycles. The summed E-state index contributed by atoms with van der Waals surface area (Å²) in [5.41, 5.74) is -0.236. The van der Waals surface area contributed by atoms with Crippen LogP contribution in [-0.4, -0.2) is 60.1 Å². The minimum absolute atomic E-state index is 0.153. The number of carbonyl (C=O) groups excluding carboxylic acids is 1. The van der Waals surface area contributed by atoms with E-state index in [0.717, 1.165) is 26.2 Å². The summed E-state index contributed by atoms with van der Waals surface area (Å²) in [7, 11) is 0. The highest BCUT2D eigenvalue weighted by Gasteiger charge is 2.42. The molecule has 2 atom stereocenters. The summed E-state index contributed by atoms with van der Waals surface area (Å²) in [4.78, 5) is 16.7. The zero-order valence-corrected chi connectivity index (χ0v) is 13.0. The maximum absolute atomic E-state index is 12.1. The molecule has 0 bridgehead atoms. The highest BCUT2D eigenvalue weighted by Crippen LogP contribution is 2.32. The van der Waals surface area contributed by atoms with Gasteiger partial charge in [0, 0.05) is 32.2 Å². The number of nitrogens with zero attached hydrogens (tertiary/aromatic N) is 2. The second-order valence-corrected chi connectivity index (χ2v) is 7.27. The fourth-order valence-corrected chi connectivity index (χ4v) is 3.02. The Morgan fingerprint density at radius 3 is 2.11 bits per heavy atom. The molecule has 2 heterocycles. The third-order valence-electron chi connectivity index (χ3n) is 4.23. The normalized spacial score (nSPS) is 28.2. The molecule has 0 radical (unpaired) electrons. The Bertz CT molecular complexity index is 322. The van der Waals surface area contributed by atoms with E-state index in [9.17, 15) is 4.79 Å². The van der Waals surface area contributed by atoms with Crippen LogP contribution in [-0.2, 0) is 9.53 Å². The van der Waals surface area contributed by atoms with Crippen molar-refractivity contribution in [2.24, 2.45) is 11.8 Å². The molecule has 2 rings (SSSR count). The lowest BCUT2D eigenvalue weighted by Crippen LogP contribution is -2.38. The molecule has 0 aliphatic carbocycles. The largest absolute Gasteiger partial charge is 0.366 e. The van der Waals surface area contributed by atoms with Gasteiger partial charge in [-0.3, -0.25) is 4.79 Å².